The summed E-state index contributed by atoms with van der Waals surface area (Å²) in [5.74, 6) is -0.479. The number of ether oxygens (including phenoxy) is 3. The maximum atomic E-state index is 16.1. The number of carbonyl (C=O) groups is 1. The maximum absolute atomic E-state index is 16.1. The Morgan fingerprint density at radius 3 is 2.56 bits per heavy atom. The van der Waals surface area contributed by atoms with Crippen molar-refractivity contribution < 1.29 is 23.4 Å². The molecule has 0 atom stereocenters. The van der Waals surface area contributed by atoms with Crippen LogP contribution >= 0.6 is 0 Å². The van der Waals surface area contributed by atoms with Crippen LogP contribution in [-0.2, 0) is 11.3 Å². The molecule has 0 radical (unpaired) electrons. The van der Waals surface area contributed by atoms with Gasteiger partial charge in [0, 0.05) is 24.6 Å². The second-order valence-electron chi connectivity index (χ2n) is 9.95. The number of esters is 1. The summed E-state index contributed by atoms with van der Waals surface area (Å²) in [6, 6.07) is 14.2. The summed E-state index contributed by atoms with van der Waals surface area (Å²) < 4.78 is 33.2. The van der Waals surface area contributed by atoms with Crippen molar-refractivity contribution in [2.45, 2.75) is 64.7 Å². The van der Waals surface area contributed by atoms with Crippen LogP contribution < -0.4 is 14.4 Å². The van der Waals surface area contributed by atoms with Crippen molar-refractivity contribution in [3.8, 4) is 11.5 Å². The smallest absolute Gasteiger partial charge is 0.338 e. The van der Waals surface area contributed by atoms with Gasteiger partial charge in [-0.15, -0.1) is 0 Å². The highest BCUT2D eigenvalue weighted by Crippen LogP contribution is 2.41. The second-order valence-corrected chi connectivity index (χ2v) is 9.95. The second kappa shape index (κ2) is 11.0. The van der Waals surface area contributed by atoms with Crippen molar-refractivity contribution in [3.05, 3.63) is 77.9 Å². The van der Waals surface area contributed by atoms with E-state index in [4.69, 9.17) is 14.2 Å². The molecule has 1 fully saturated rings. The molecule has 0 unspecified atom stereocenters. The number of rotatable bonds is 8. The molecule has 36 heavy (non-hydrogen) atoms. The summed E-state index contributed by atoms with van der Waals surface area (Å²) >= 11 is 0. The minimum atomic E-state index is -0.628. The number of benzene rings is 2. The Kier molecular flexibility index (Phi) is 7.77. The number of halogens is 1. The minimum absolute atomic E-state index is 0.0362. The highest BCUT2D eigenvalue weighted by molar-refractivity contribution is 5.91. The lowest BCUT2D eigenvalue weighted by atomic mass is 10.1. The van der Waals surface area contributed by atoms with E-state index in [0.717, 1.165) is 31.2 Å². The fourth-order valence-electron chi connectivity index (χ4n) is 4.31. The average Bonchev–Trinajstić information content (AvgIpc) is 3.37. The van der Waals surface area contributed by atoms with Gasteiger partial charge in [0.25, 0.3) is 0 Å². The van der Waals surface area contributed by atoms with E-state index < -0.39 is 17.4 Å². The molecule has 0 amide bonds. The number of methoxy groups -OCH3 is 1. The summed E-state index contributed by atoms with van der Waals surface area (Å²) in [7, 11) is 1.51. The standard InChI is InChI=1S/C29H33FN2O4/c1-29(2,3)36-28(33)21-10-7-11-22(17-21)32(19-20-9-8-16-31-18-20)24-14-15-25(34-4)27(26(24)30)35-23-12-5-6-13-23/h7-11,14-18,23H,5-6,12-13,19H2,1-4H3. The Morgan fingerprint density at radius 1 is 1.11 bits per heavy atom. The first-order valence-electron chi connectivity index (χ1n) is 12.3. The van der Waals surface area contributed by atoms with E-state index in [1.165, 1.54) is 7.11 Å². The molecule has 0 bridgehead atoms. The van der Waals surface area contributed by atoms with Crippen LogP contribution in [0.15, 0.2) is 60.9 Å². The first-order chi connectivity index (χ1) is 17.2. The fourth-order valence-corrected chi connectivity index (χ4v) is 4.31. The van der Waals surface area contributed by atoms with Crippen LogP contribution in [-0.4, -0.2) is 29.8 Å². The molecule has 1 aromatic heterocycles. The first-order valence-corrected chi connectivity index (χ1v) is 12.3. The molecule has 0 N–H and O–H groups in total. The summed E-state index contributed by atoms with van der Waals surface area (Å²) in [5, 5.41) is 0. The number of hydrogen-bond acceptors (Lipinski definition) is 6. The minimum Gasteiger partial charge on any atom is -0.493 e. The van der Waals surface area contributed by atoms with Gasteiger partial charge >= 0.3 is 5.97 Å². The number of anilines is 2. The molecular formula is C29H33FN2O4. The van der Waals surface area contributed by atoms with Gasteiger partial charge in [-0.2, -0.15) is 0 Å². The van der Waals surface area contributed by atoms with Crippen molar-refractivity contribution in [1.29, 1.82) is 0 Å². The Bertz CT molecular complexity index is 1190. The molecule has 0 spiro atoms. The molecule has 6 nitrogen and oxygen atoms in total. The molecule has 3 aromatic rings. The summed E-state index contributed by atoms with van der Waals surface area (Å²) in [6.45, 7) is 5.80. The Morgan fingerprint density at radius 2 is 1.89 bits per heavy atom. The highest BCUT2D eigenvalue weighted by Gasteiger charge is 2.26. The SMILES string of the molecule is COc1ccc(N(Cc2cccnc2)c2cccc(C(=O)OC(C)(C)C)c2)c(F)c1OC1CCCC1. The van der Waals surface area contributed by atoms with Crippen molar-refractivity contribution in [2.75, 3.05) is 12.0 Å². The van der Waals surface area contributed by atoms with E-state index in [0.29, 0.717) is 29.2 Å². The summed E-state index contributed by atoms with van der Waals surface area (Å²) in [4.78, 5) is 18.8. The quantitative estimate of drug-likeness (QED) is 0.321. The molecule has 0 aliphatic heterocycles. The molecule has 1 aliphatic rings. The third kappa shape index (κ3) is 6.14. The van der Waals surface area contributed by atoms with Gasteiger partial charge in [0.05, 0.1) is 24.5 Å². The van der Waals surface area contributed by atoms with Gasteiger partial charge in [-0.1, -0.05) is 12.1 Å². The zero-order valence-corrected chi connectivity index (χ0v) is 21.3. The normalized spacial score (nSPS) is 13.9. The Labute approximate surface area is 212 Å². The number of carbonyl (C=O) groups excluding carboxylic acids is 1. The van der Waals surface area contributed by atoms with Crippen LogP contribution in [0.1, 0.15) is 62.4 Å². The van der Waals surface area contributed by atoms with Crippen LogP contribution in [0.25, 0.3) is 0 Å². The molecule has 0 saturated heterocycles. The average molecular weight is 493 g/mol. The van der Waals surface area contributed by atoms with Gasteiger partial charge < -0.3 is 19.1 Å². The molecule has 7 heteroatoms. The molecule has 1 aliphatic carbocycles. The van der Waals surface area contributed by atoms with Gasteiger partial charge in [0.2, 0.25) is 0 Å². The van der Waals surface area contributed by atoms with E-state index in [2.05, 4.69) is 4.98 Å². The lowest BCUT2D eigenvalue weighted by Gasteiger charge is -2.28. The van der Waals surface area contributed by atoms with Gasteiger partial charge in [-0.25, -0.2) is 9.18 Å². The maximum Gasteiger partial charge on any atom is 0.338 e. The Balaban J connectivity index is 1.77. The van der Waals surface area contributed by atoms with Gasteiger partial charge in [0.15, 0.2) is 17.3 Å². The largest absolute Gasteiger partial charge is 0.493 e. The molecule has 1 heterocycles. The molecule has 190 valence electrons. The van der Waals surface area contributed by atoms with E-state index >= 15 is 4.39 Å². The topological polar surface area (TPSA) is 60.9 Å². The van der Waals surface area contributed by atoms with E-state index in [-0.39, 0.29) is 11.9 Å². The van der Waals surface area contributed by atoms with E-state index in [1.807, 2.05) is 39.0 Å². The lowest BCUT2D eigenvalue weighted by molar-refractivity contribution is 0.00695. The zero-order valence-electron chi connectivity index (χ0n) is 21.3. The van der Waals surface area contributed by atoms with Crippen molar-refractivity contribution in [3.63, 3.8) is 0 Å². The van der Waals surface area contributed by atoms with E-state index in [1.54, 1.807) is 47.6 Å². The van der Waals surface area contributed by atoms with Gasteiger partial charge in [-0.05, 0) is 88.4 Å². The summed E-state index contributed by atoms with van der Waals surface area (Å²) in [6.07, 6.45) is 7.32. The van der Waals surface area contributed by atoms with Crippen molar-refractivity contribution in [2.24, 2.45) is 0 Å². The van der Waals surface area contributed by atoms with Gasteiger partial charge in [0.1, 0.15) is 5.60 Å². The van der Waals surface area contributed by atoms with E-state index in [9.17, 15) is 4.79 Å². The predicted octanol–water partition coefficient (Wildman–Crippen LogP) is 6.84. The van der Waals surface area contributed by atoms with Crippen LogP contribution in [0.2, 0.25) is 0 Å². The highest BCUT2D eigenvalue weighted by atomic mass is 19.1. The van der Waals surface area contributed by atoms with Crippen LogP contribution in [0.5, 0.6) is 11.5 Å². The Hall–Kier alpha value is -3.61. The lowest BCUT2D eigenvalue weighted by Crippen LogP contribution is -2.24. The van der Waals surface area contributed by atoms with Crippen LogP contribution in [0, 0.1) is 5.82 Å². The number of pyridine rings is 1. The molecular weight excluding hydrogens is 459 g/mol. The summed E-state index contributed by atoms with van der Waals surface area (Å²) in [5.41, 5.74) is 1.59. The van der Waals surface area contributed by atoms with Crippen molar-refractivity contribution >= 4 is 17.3 Å². The number of aromatic nitrogens is 1. The fraction of sp³-hybridized carbons (Fsp3) is 0.379. The predicted molar refractivity (Wildman–Crippen MR) is 138 cm³/mol. The van der Waals surface area contributed by atoms with Gasteiger partial charge in [-0.3, -0.25) is 4.98 Å². The van der Waals surface area contributed by atoms with Crippen LogP contribution in [0.4, 0.5) is 15.8 Å². The molecule has 2 aromatic carbocycles. The monoisotopic (exact) mass is 492 g/mol. The third-order valence-electron chi connectivity index (χ3n) is 5.99. The number of nitrogens with zero attached hydrogens (tertiary/aromatic N) is 2. The van der Waals surface area contributed by atoms with Crippen molar-refractivity contribution in [1.82, 2.24) is 4.98 Å². The first kappa shape index (κ1) is 25.5. The third-order valence-corrected chi connectivity index (χ3v) is 5.99. The molecule has 4 rings (SSSR count). The zero-order chi connectivity index (χ0) is 25.7. The molecule has 1 saturated carbocycles. The van der Waals surface area contributed by atoms with Crippen LogP contribution in [0.3, 0.4) is 0 Å². The number of hydrogen-bond donors (Lipinski definition) is 0.